The number of ether oxygens (including phenoxy) is 1. The first-order valence-corrected chi connectivity index (χ1v) is 9.59. The molecule has 0 fully saturated rings. The fourth-order valence-corrected chi connectivity index (χ4v) is 3.33. The third-order valence-corrected chi connectivity index (χ3v) is 4.84. The Balaban J connectivity index is 1.57. The molecular weight excluding hydrogens is 354 g/mol. The predicted molar refractivity (Wildman–Crippen MR) is 110 cm³/mol. The number of fused-ring (bicyclic) bond motifs is 1. The molecule has 1 N–H and O–H groups in total. The van der Waals surface area contributed by atoms with Crippen LogP contribution >= 0.6 is 0 Å². The van der Waals surface area contributed by atoms with Crippen molar-refractivity contribution in [3.63, 3.8) is 0 Å². The first kappa shape index (κ1) is 19.8. The second kappa shape index (κ2) is 9.33. The summed E-state index contributed by atoms with van der Waals surface area (Å²) in [6.45, 7) is 2.83. The number of hydrogen-bond acceptors (Lipinski definition) is 3. The van der Waals surface area contributed by atoms with Crippen LogP contribution in [0.3, 0.4) is 0 Å². The molecule has 0 bridgehead atoms. The van der Waals surface area contributed by atoms with Crippen LogP contribution in [-0.4, -0.2) is 28.4 Å². The Bertz CT molecular complexity index is 991. The van der Waals surface area contributed by atoms with Gasteiger partial charge in [0.05, 0.1) is 0 Å². The third-order valence-electron chi connectivity index (χ3n) is 4.84. The number of aryl methyl sites for hydroxylation is 2. The summed E-state index contributed by atoms with van der Waals surface area (Å²) < 4.78 is 7.02. The van der Waals surface area contributed by atoms with Crippen molar-refractivity contribution in [2.45, 2.75) is 38.8 Å². The topological polar surface area (TPSA) is 68.5 Å². The van der Waals surface area contributed by atoms with Gasteiger partial charge in [-0.3, -0.25) is 4.79 Å². The van der Waals surface area contributed by atoms with Crippen molar-refractivity contribution in [1.82, 2.24) is 4.57 Å². The van der Waals surface area contributed by atoms with Crippen molar-refractivity contribution >= 4 is 16.7 Å². The van der Waals surface area contributed by atoms with Gasteiger partial charge < -0.3 is 14.4 Å². The average molecular weight is 379 g/mol. The highest BCUT2D eigenvalue weighted by Crippen LogP contribution is 2.12. The lowest BCUT2D eigenvalue weighted by molar-refractivity contribution is -0.149. The summed E-state index contributed by atoms with van der Waals surface area (Å²) in [6.07, 6.45) is 3.11. The van der Waals surface area contributed by atoms with Crippen molar-refractivity contribution in [3.05, 3.63) is 82.3 Å². The molecule has 5 nitrogen and oxygen atoms in total. The van der Waals surface area contributed by atoms with E-state index in [0.29, 0.717) is 19.6 Å². The molecule has 1 unspecified atom stereocenters. The molecule has 3 aromatic rings. The van der Waals surface area contributed by atoms with Gasteiger partial charge in [-0.25, -0.2) is 4.79 Å². The lowest BCUT2D eigenvalue weighted by atomic mass is 10.0. The Hall–Kier alpha value is -2.92. The van der Waals surface area contributed by atoms with Gasteiger partial charge in [0.25, 0.3) is 5.56 Å². The minimum Gasteiger partial charge on any atom is -0.479 e. The predicted octanol–water partition coefficient (Wildman–Crippen LogP) is 3.67. The number of rotatable bonds is 9. The molecular formula is C23H25NO4. The van der Waals surface area contributed by atoms with Crippen LogP contribution in [0.5, 0.6) is 0 Å². The monoisotopic (exact) mass is 379 g/mol. The fraction of sp³-hybridized carbons (Fsp3) is 0.304. The van der Waals surface area contributed by atoms with Crippen molar-refractivity contribution in [3.8, 4) is 0 Å². The number of benzene rings is 2. The highest BCUT2D eigenvalue weighted by atomic mass is 16.5. The second-order valence-corrected chi connectivity index (χ2v) is 6.81. The van der Waals surface area contributed by atoms with E-state index in [1.54, 1.807) is 11.5 Å². The minimum absolute atomic E-state index is 0.0454. The molecule has 0 amide bonds. The molecule has 28 heavy (non-hydrogen) atoms. The van der Waals surface area contributed by atoms with E-state index in [1.807, 2.05) is 60.8 Å². The van der Waals surface area contributed by atoms with Gasteiger partial charge in [-0.1, -0.05) is 42.5 Å². The van der Waals surface area contributed by atoms with Crippen LogP contribution in [0.4, 0.5) is 0 Å². The fourth-order valence-electron chi connectivity index (χ4n) is 3.33. The standard InChI is InChI=1S/C23H25NO4/c1-2-28-21(23(26)27)16-18-11-9-17(10-12-18)6-5-14-24-15-13-19-7-3-4-8-20(19)22(24)25/h3-4,7-13,15,21H,2,5-6,14,16H2,1H3,(H,26,27). The Labute approximate surface area is 164 Å². The van der Waals surface area contributed by atoms with Crippen LogP contribution in [0.25, 0.3) is 10.8 Å². The first-order chi connectivity index (χ1) is 13.6. The van der Waals surface area contributed by atoms with E-state index in [0.717, 1.165) is 29.2 Å². The van der Waals surface area contributed by atoms with Crippen LogP contribution in [0, 0.1) is 0 Å². The van der Waals surface area contributed by atoms with Crippen LogP contribution in [0.15, 0.2) is 65.6 Å². The van der Waals surface area contributed by atoms with Crippen LogP contribution in [0.2, 0.25) is 0 Å². The number of hydrogen-bond donors (Lipinski definition) is 1. The summed E-state index contributed by atoms with van der Waals surface area (Å²) in [7, 11) is 0. The van der Waals surface area contributed by atoms with Gasteiger partial charge in [0.2, 0.25) is 0 Å². The molecule has 5 heteroatoms. The van der Waals surface area contributed by atoms with Gasteiger partial charge in [0.1, 0.15) is 0 Å². The molecule has 0 saturated heterocycles. The molecule has 0 aliphatic carbocycles. The first-order valence-electron chi connectivity index (χ1n) is 9.59. The quantitative estimate of drug-likeness (QED) is 0.616. The summed E-state index contributed by atoms with van der Waals surface area (Å²) in [5, 5.41) is 10.9. The van der Waals surface area contributed by atoms with Gasteiger partial charge in [-0.05, 0) is 48.4 Å². The van der Waals surface area contributed by atoms with Crippen molar-refractivity contribution in [2.75, 3.05) is 6.61 Å². The number of aliphatic carboxylic acids is 1. The molecule has 0 saturated carbocycles. The SMILES string of the molecule is CCOC(Cc1ccc(CCCn2ccc3ccccc3c2=O)cc1)C(=O)O. The van der Waals surface area contributed by atoms with E-state index in [4.69, 9.17) is 4.74 Å². The number of carboxylic acids is 1. The van der Waals surface area contributed by atoms with Crippen molar-refractivity contribution in [2.24, 2.45) is 0 Å². The Morgan fingerprint density at radius 1 is 1.07 bits per heavy atom. The summed E-state index contributed by atoms with van der Waals surface area (Å²) in [4.78, 5) is 23.7. The van der Waals surface area contributed by atoms with Crippen molar-refractivity contribution in [1.29, 1.82) is 0 Å². The normalized spacial score (nSPS) is 12.2. The number of carbonyl (C=O) groups is 1. The van der Waals surface area contributed by atoms with Gasteiger partial charge in [-0.2, -0.15) is 0 Å². The lowest BCUT2D eigenvalue weighted by Gasteiger charge is -2.12. The Morgan fingerprint density at radius 2 is 1.79 bits per heavy atom. The Kier molecular flexibility index (Phi) is 6.61. The van der Waals surface area contributed by atoms with Gasteiger partial charge >= 0.3 is 5.97 Å². The summed E-state index contributed by atoms with van der Waals surface area (Å²) in [6, 6.07) is 17.5. The molecule has 2 aromatic carbocycles. The number of pyridine rings is 1. The highest BCUT2D eigenvalue weighted by molar-refractivity contribution is 5.81. The number of nitrogens with zero attached hydrogens (tertiary/aromatic N) is 1. The zero-order chi connectivity index (χ0) is 19.9. The van der Waals surface area contributed by atoms with Gasteiger partial charge in [-0.15, -0.1) is 0 Å². The maximum Gasteiger partial charge on any atom is 0.333 e. The molecule has 1 atom stereocenters. The molecule has 146 valence electrons. The number of carboxylic acid groups (broad SMARTS) is 1. The summed E-state index contributed by atoms with van der Waals surface area (Å²) in [5.41, 5.74) is 2.15. The van der Waals surface area contributed by atoms with E-state index in [-0.39, 0.29) is 5.56 Å². The van der Waals surface area contributed by atoms with E-state index >= 15 is 0 Å². The molecule has 0 radical (unpaired) electrons. The minimum atomic E-state index is -0.938. The average Bonchev–Trinajstić information content (AvgIpc) is 2.70. The molecule has 1 aromatic heterocycles. The zero-order valence-electron chi connectivity index (χ0n) is 16.0. The summed E-state index contributed by atoms with van der Waals surface area (Å²) in [5.74, 6) is -0.938. The zero-order valence-corrected chi connectivity index (χ0v) is 16.0. The van der Waals surface area contributed by atoms with Crippen molar-refractivity contribution < 1.29 is 14.6 Å². The van der Waals surface area contributed by atoms with Gasteiger partial charge in [0.15, 0.2) is 6.10 Å². The Morgan fingerprint density at radius 3 is 2.50 bits per heavy atom. The molecule has 0 spiro atoms. The van der Waals surface area contributed by atoms with E-state index < -0.39 is 12.1 Å². The maximum absolute atomic E-state index is 12.5. The third kappa shape index (κ3) is 4.87. The molecule has 3 rings (SSSR count). The number of aromatic nitrogens is 1. The molecule has 0 aliphatic rings. The lowest BCUT2D eigenvalue weighted by Crippen LogP contribution is -2.26. The molecule has 0 aliphatic heterocycles. The van der Waals surface area contributed by atoms with Gasteiger partial charge in [0, 0.05) is 31.2 Å². The van der Waals surface area contributed by atoms with E-state index in [2.05, 4.69) is 0 Å². The second-order valence-electron chi connectivity index (χ2n) is 6.81. The smallest absolute Gasteiger partial charge is 0.333 e. The maximum atomic E-state index is 12.5. The summed E-state index contributed by atoms with van der Waals surface area (Å²) >= 11 is 0. The van der Waals surface area contributed by atoms with E-state index in [1.165, 1.54) is 5.56 Å². The van der Waals surface area contributed by atoms with E-state index in [9.17, 15) is 14.7 Å². The van der Waals surface area contributed by atoms with Crippen LogP contribution < -0.4 is 5.56 Å². The van der Waals surface area contributed by atoms with Crippen LogP contribution in [-0.2, 0) is 28.9 Å². The highest BCUT2D eigenvalue weighted by Gasteiger charge is 2.17. The molecule has 1 heterocycles. The van der Waals surface area contributed by atoms with Crippen LogP contribution in [0.1, 0.15) is 24.5 Å². The largest absolute Gasteiger partial charge is 0.479 e.